The van der Waals surface area contributed by atoms with E-state index in [2.05, 4.69) is 15.5 Å². The van der Waals surface area contributed by atoms with Gasteiger partial charge in [0.1, 0.15) is 5.75 Å². The van der Waals surface area contributed by atoms with Gasteiger partial charge in [-0.2, -0.15) is 0 Å². The smallest absolute Gasteiger partial charge is 0.319 e. The Morgan fingerprint density at radius 2 is 2.09 bits per heavy atom. The van der Waals surface area contributed by atoms with Crippen LogP contribution >= 0.6 is 0 Å². The van der Waals surface area contributed by atoms with Crippen molar-refractivity contribution in [1.29, 1.82) is 0 Å². The number of nitrogens with zero attached hydrogens (tertiary/aromatic N) is 1. The molecular formula is C16H25N3O3. The van der Waals surface area contributed by atoms with Gasteiger partial charge in [0.2, 0.25) is 0 Å². The largest absolute Gasteiger partial charge is 0.492 e. The molecule has 2 rings (SSSR count). The summed E-state index contributed by atoms with van der Waals surface area (Å²) in [6.45, 7) is 7.70. The Bertz CT molecular complexity index is 462. The minimum Gasteiger partial charge on any atom is -0.492 e. The average Bonchev–Trinajstić information content (AvgIpc) is 2.55. The number of anilines is 1. The van der Waals surface area contributed by atoms with Crippen LogP contribution in [0.2, 0.25) is 0 Å². The van der Waals surface area contributed by atoms with Gasteiger partial charge in [-0.15, -0.1) is 0 Å². The van der Waals surface area contributed by atoms with Crippen molar-refractivity contribution in [1.82, 2.24) is 10.2 Å². The van der Waals surface area contributed by atoms with E-state index in [1.165, 1.54) is 0 Å². The monoisotopic (exact) mass is 307 g/mol. The molecule has 2 N–H and O–H groups in total. The van der Waals surface area contributed by atoms with Crippen LogP contribution in [0.25, 0.3) is 0 Å². The summed E-state index contributed by atoms with van der Waals surface area (Å²) >= 11 is 0. The predicted octanol–water partition coefficient (Wildman–Crippen LogP) is 1.93. The highest BCUT2D eigenvalue weighted by Gasteiger charge is 2.10. The molecule has 6 heteroatoms. The lowest BCUT2D eigenvalue weighted by molar-refractivity contribution is 0.0375. The topological polar surface area (TPSA) is 62.8 Å². The second-order valence-corrected chi connectivity index (χ2v) is 5.12. The first-order valence-electron chi connectivity index (χ1n) is 7.86. The first kappa shape index (κ1) is 16.6. The summed E-state index contributed by atoms with van der Waals surface area (Å²) in [6, 6.07) is 7.23. The maximum absolute atomic E-state index is 11.9. The molecule has 1 aromatic rings. The lowest BCUT2D eigenvalue weighted by atomic mass is 10.3. The molecule has 1 saturated heterocycles. The summed E-state index contributed by atoms with van der Waals surface area (Å²) in [5, 5.41) is 5.70. The highest BCUT2D eigenvalue weighted by molar-refractivity contribution is 5.90. The second-order valence-electron chi connectivity index (χ2n) is 5.12. The number of urea groups is 1. The van der Waals surface area contributed by atoms with Crippen molar-refractivity contribution in [2.45, 2.75) is 13.3 Å². The van der Waals surface area contributed by atoms with E-state index in [9.17, 15) is 4.79 Å². The minimum absolute atomic E-state index is 0.200. The SMILES string of the molecule is CCOc1ccccc1NC(=O)NCCCN1CCOCC1. The number of morpholine rings is 1. The van der Waals surface area contributed by atoms with Crippen LogP contribution in [0.3, 0.4) is 0 Å². The molecule has 1 fully saturated rings. The fourth-order valence-corrected chi connectivity index (χ4v) is 2.35. The molecular weight excluding hydrogens is 282 g/mol. The van der Waals surface area contributed by atoms with Crippen LogP contribution in [-0.2, 0) is 4.74 Å². The summed E-state index contributed by atoms with van der Waals surface area (Å²) in [4.78, 5) is 14.3. The van der Waals surface area contributed by atoms with Crippen molar-refractivity contribution in [2.24, 2.45) is 0 Å². The second kappa shape index (κ2) is 9.27. The van der Waals surface area contributed by atoms with E-state index in [1.807, 2.05) is 31.2 Å². The minimum atomic E-state index is -0.200. The van der Waals surface area contributed by atoms with Gasteiger partial charge in [-0.25, -0.2) is 4.79 Å². The van der Waals surface area contributed by atoms with Gasteiger partial charge in [0.25, 0.3) is 0 Å². The molecule has 122 valence electrons. The highest BCUT2D eigenvalue weighted by Crippen LogP contribution is 2.23. The Morgan fingerprint density at radius 3 is 2.86 bits per heavy atom. The van der Waals surface area contributed by atoms with Gasteiger partial charge < -0.3 is 20.1 Å². The third-order valence-corrected chi connectivity index (χ3v) is 3.48. The standard InChI is InChI=1S/C16H25N3O3/c1-2-22-15-7-4-3-6-14(15)18-16(20)17-8-5-9-19-10-12-21-13-11-19/h3-4,6-7H,2,5,8-13H2,1H3,(H2,17,18,20). The average molecular weight is 307 g/mol. The fourth-order valence-electron chi connectivity index (χ4n) is 2.35. The number of amides is 2. The number of benzene rings is 1. The van der Waals surface area contributed by atoms with Crippen molar-refractivity contribution in [3.05, 3.63) is 24.3 Å². The maximum atomic E-state index is 11.9. The van der Waals surface area contributed by atoms with Gasteiger partial charge in [-0.05, 0) is 32.0 Å². The first-order valence-corrected chi connectivity index (χ1v) is 7.86. The quantitative estimate of drug-likeness (QED) is 0.756. The summed E-state index contributed by atoms with van der Waals surface area (Å²) in [5.41, 5.74) is 0.690. The van der Waals surface area contributed by atoms with Gasteiger partial charge in [0.15, 0.2) is 0 Å². The van der Waals surface area contributed by atoms with Crippen LogP contribution in [0.1, 0.15) is 13.3 Å². The van der Waals surface area contributed by atoms with Crippen molar-refractivity contribution in [2.75, 3.05) is 51.3 Å². The molecule has 1 aliphatic heterocycles. The van der Waals surface area contributed by atoms with E-state index in [-0.39, 0.29) is 6.03 Å². The molecule has 1 aromatic carbocycles. The number of ether oxygens (including phenoxy) is 2. The van der Waals surface area contributed by atoms with E-state index in [0.29, 0.717) is 24.6 Å². The van der Waals surface area contributed by atoms with E-state index >= 15 is 0 Å². The Morgan fingerprint density at radius 1 is 1.32 bits per heavy atom. The summed E-state index contributed by atoms with van der Waals surface area (Å²) in [5.74, 6) is 0.688. The lowest BCUT2D eigenvalue weighted by Gasteiger charge is -2.26. The Labute approximate surface area is 131 Å². The van der Waals surface area contributed by atoms with Gasteiger partial charge in [-0.3, -0.25) is 4.90 Å². The predicted molar refractivity (Wildman–Crippen MR) is 86.5 cm³/mol. The molecule has 0 unspecified atom stereocenters. The molecule has 0 aliphatic carbocycles. The third-order valence-electron chi connectivity index (χ3n) is 3.48. The van der Waals surface area contributed by atoms with Gasteiger partial charge in [0.05, 0.1) is 25.5 Å². The molecule has 0 atom stereocenters. The third kappa shape index (κ3) is 5.54. The number of nitrogens with one attached hydrogen (secondary N) is 2. The molecule has 0 saturated carbocycles. The molecule has 22 heavy (non-hydrogen) atoms. The molecule has 0 bridgehead atoms. The van der Waals surface area contributed by atoms with Crippen LogP contribution in [0.5, 0.6) is 5.75 Å². The van der Waals surface area contributed by atoms with E-state index < -0.39 is 0 Å². The Balaban J connectivity index is 1.67. The number of hydrogen-bond donors (Lipinski definition) is 2. The number of rotatable bonds is 7. The maximum Gasteiger partial charge on any atom is 0.319 e. The zero-order valence-electron chi connectivity index (χ0n) is 13.1. The van der Waals surface area contributed by atoms with Crippen LogP contribution in [0, 0.1) is 0 Å². The van der Waals surface area contributed by atoms with Crippen molar-refractivity contribution in [3.8, 4) is 5.75 Å². The van der Waals surface area contributed by atoms with Crippen LogP contribution < -0.4 is 15.4 Å². The van der Waals surface area contributed by atoms with Crippen molar-refractivity contribution < 1.29 is 14.3 Å². The number of para-hydroxylation sites is 2. The molecule has 1 aliphatic rings. The van der Waals surface area contributed by atoms with Crippen LogP contribution in [0.15, 0.2) is 24.3 Å². The van der Waals surface area contributed by atoms with E-state index in [1.54, 1.807) is 0 Å². The number of carbonyl (C=O) groups excluding carboxylic acids is 1. The fraction of sp³-hybridized carbons (Fsp3) is 0.562. The number of hydrogen-bond acceptors (Lipinski definition) is 4. The highest BCUT2D eigenvalue weighted by atomic mass is 16.5. The normalized spacial score (nSPS) is 15.3. The first-order chi connectivity index (χ1) is 10.8. The van der Waals surface area contributed by atoms with Gasteiger partial charge in [0, 0.05) is 19.6 Å². The molecule has 2 amide bonds. The van der Waals surface area contributed by atoms with E-state index in [0.717, 1.165) is 39.3 Å². The molecule has 6 nitrogen and oxygen atoms in total. The molecule has 0 aromatic heterocycles. The zero-order chi connectivity index (χ0) is 15.6. The Kier molecular flexibility index (Phi) is 6.99. The summed E-state index contributed by atoms with van der Waals surface area (Å²) < 4.78 is 10.8. The summed E-state index contributed by atoms with van der Waals surface area (Å²) in [7, 11) is 0. The lowest BCUT2D eigenvalue weighted by Crippen LogP contribution is -2.38. The summed E-state index contributed by atoms with van der Waals surface area (Å²) in [6.07, 6.45) is 0.931. The molecule has 1 heterocycles. The van der Waals surface area contributed by atoms with Crippen molar-refractivity contribution >= 4 is 11.7 Å². The number of carbonyl (C=O) groups is 1. The van der Waals surface area contributed by atoms with Gasteiger partial charge in [-0.1, -0.05) is 12.1 Å². The molecule has 0 spiro atoms. The van der Waals surface area contributed by atoms with E-state index in [4.69, 9.17) is 9.47 Å². The van der Waals surface area contributed by atoms with Crippen molar-refractivity contribution in [3.63, 3.8) is 0 Å². The van der Waals surface area contributed by atoms with Crippen LogP contribution in [-0.4, -0.2) is 56.9 Å². The zero-order valence-corrected chi connectivity index (χ0v) is 13.1. The van der Waals surface area contributed by atoms with Gasteiger partial charge >= 0.3 is 6.03 Å². The molecule has 0 radical (unpaired) electrons. The van der Waals surface area contributed by atoms with Crippen LogP contribution in [0.4, 0.5) is 10.5 Å². The Hall–Kier alpha value is -1.79.